The summed E-state index contributed by atoms with van der Waals surface area (Å²) in [5, 5.41) is 13.3. The summed E-state index contributed by atoms with van der Waals surface area (Å²) in [6, 6.07) is 1.76. The van der Waals surface area contributed by atoms with Crippen LogP contribution >= 0.6 is 0 Å². The molecule has 0 bridgehead atoms. The highest BCUT2D eigenvalue weighted by Crippen LogP contribution is 2.38. The van der Waals surface area contributed by atoms with E-state index in [0.29, 0.717) is 12.5 Å². The van der Waals surface area contributed by atoms with Crippen LogP contribution in [0.4, 0.5) is 0 Å². The van der Waals surface area contributed by atoms with Crippen LogP contribution < -0.4 is 5.56 Å². The maximum absolute atomic E-state index is 12.1. The predicted molar refractivity (Wildman–Crippen MR) is 89.6 cm³/mol. The molecule has 0 atom stereocenters. The van der Waals surface area contributed by atoms with E-state index < -0.39 is 0 Å². The van der Waals surface area contributed by atoms with Gasteiger partial charge in [0.05, 0.1) is 12.2 Å². The third kappa shape index (κ3) is 2.88. The van der Waals surface area contributed by atoms with E-state index in [1.807, 2.05) is 0 Å². The monoisotopic (exact) mass is 328 g/mol. The highest BCUT2D eigenvalue weighted by atomic mass is 16.1. The lowest BCUT2D eigenvalue weighted by atomic mass is 10.1. The van der Waals surface area contributed by atoms with Crippen LogP contribution in [0.15, 0.2) is 10.9 Å². The lowest BCUT2D eigenvalue weighted by Crippen LogP contribution is -2.35. The van der Waals surface area contributed by atoms with Gasteiger partial charge in [0.1, 0.15) is 11.6 Å². The first-order valence-electron chi connectivity index (χ1n) is 8.86. The second-order valence-electron chi connectivity index (χ2n) is 6.95. The fraction of sp³-hybridized carbons (Fsp3) is 0.647. The van der Waals surface area contributed by atoms with Gasteiger partial charge in [-0.3, -0.25) is 9.69 Å². The van der Waals surface area contributed by atoms with E-state index >= 15 is 0 Å². The SMILES string of the molecule is CCCn1nc2c(cc1=O)CN(Cc1nnc(C3CC3)n1C)CC2. The van der Waals surface area contributed by atoms with Gasteiger partial charge < -0.3 is 4.57 Å². The Morgan fingerprint density at radius 3 is 2.88 bits per heavy atom. The van der Waals surface area contributed by atoms with Crippen LogP contribution in [0.25, 0.3) is 0 Å². The topological polar surface area (TPSA) is 68.8 Å². The molecule has 7 heteroatoms. The molecule has 3 heterocycles. The molecule has 7 nitrogen and oxygen atoms in total. The number of nitrogens with zero attached hydrogens (tertiary/aromatic N) is 6. The van der Waals surface area contributed by atoms with Gasteiger partial charge in [-0.05, 0) is 24.8 Å². The highest BCUT2D eigenvalue weighted by molar-refractivity contribution is 5.21. The molecule has 1 aliphatic carbocycles. The average molecular weight is 328 g/mol. The van der Waals surface area contributed by atoms with Crippen LogP contribution in [-0.4, -0.2) is 36.0 Å². The third-order valence-corrected chi connectivity index (χ3v) is 4.96. The number of hydrogen-bond acceptors (Lipinski definition) is 5. The Labute approximate surface area is 141 Å². The van der Waals surface area contributed by atoms with Crippen LogP contribution in [0, 0.1) is 0 Å². The average Bonchev–Trinajstić information content (AvgIpc) is 3.34. The molecule has 2 aromatic heterocycles. The lowest BCUT2D eigenvalue weighted by molar-refractivity contribution is 0.232. The summed E-state index contributed by atoms with van der Waals surface area (Å²) in [6.45, 7) is 5.23. The number of rotatable bonds is 5. The molecule has 0 amide bonds. The minimum absolute atomic E-state index is 0.00660. The van der Waals surface area contributed by atoms with Crippen LogP contribution in [0.2, 0.25) is 0 Å². The Hall–Kier alpha value is -2.02. The van der Waals surface area contributed by atoms with Crippen molar-refractivity contribution < 1.29 is 0 Å². The Morgan fingerprint density at radius 2 is 2.12 bits per heavy atom. The van der Waals surface area contributed by atoms with E-state index in [0.717, 1.165) is 55.4 Å². The summed E-state index contributed by atoms with van der Waals surface area (Å²) >= 11 is 0. The first kappa shape index (κ1) is 15.5. The molecule has 0 aromatic carbocycles. The van der Waals surface area contributed by atoms with Crippen molar-refractivity contribution in [3.63, 3.8) is 0 Å². The minimum atomic E-state index is 0.00660. The van der Waals surface area contributed by atoms with Gasteiger partial charge in [-0.15, -0.1) is 10.2 Å². The number of aromatic nitrogens is 5. The Kier molecular flexibility index (Phi) is 3.96. The first-order valence-corrected chi connectivity index (χ1v) is 8.86. The van der Waals surface area contributed by atoms with Gasteiger partial charge in [-0.2, -0.15) is 5.10 Å². The molecule has 1 fully saturated rings. The van der Waals surface area contributed by atoms with E-state index in [1.54, 1.807) is 10.7 Å². The van der Waals surface area contributed by atoms with Crippen LogP contribution in [0.3, 0.4) is 0 Å². The van der Waals surface area contributed by atoms with E-state index in [2.05, 4.69) is 38.7 Å². The van der Waals surface area contributed by atoms with Gasteiger partial charge in [-0.25, -0.2) is 4.68 Å². The third-order valence-electron chi connectivity index (χ3n) is 4.96. The smallest absolute Gasteiger partial charge is 0.267 e. The summed E-state index contributed by atoms with van der Waals surface area (Å²) in [4.78, 5) is 14.5. The number of fused-ring (bicyclic) bond motifs is 1. The fourth-order valence-corrected chi connectivity index (χ4v) is 3.41. The van der Waals surface area contributed by atoms with Crippen molar-refractivity contribution in [3.8, 4) is 0 Å². The van der Waals surface area contributed by atoms with Crippen LogP contribution in [-0.2, 0) is 33.1 Å². The van der Waals surface area contributed by atoms with Gasteiger partial charge in [0.25, 0.3) is 5.56 Å². The standard InChI is InChI=1S/C17H24N6O/c1-3-7-23-16(24)9-13-10-22(8-6-14(13)20-23)11-15-18-19-17(21(15)2)12-4-5-12/h9,12H,3-8,10-11H2,1-2H3. The van der Waals surface area contributed by atoms with Gasteiger partial charge in [0.2, 0.25) is 0 Å². The van der Waals surface area contributed by atoms with Crippen molar-refractivity contribution in [2.75, 3.05) is 6.54 Å². The molecule has 2 aromatic rings. The van der Waals surface area contributed by atoms with Crippen LogP contribution in [0.5, 0.6) is 0 Å². The zero-order valence-corrected chi connectivity index (χ0v) is 14.4. The van der Waals surface area contributed by atoms with E-state index in [1.165, 1.54) is 12.8 Å². The first-order chi connectivity index (χ1) is 11.7. The Bertz CT molecular complexity index is 804. The summed E-state index contributed by atoms with van der Waals surface area (Å²) in [6.07, 6.45) is 4.28. The van der Waals surface area contributed by atoms with Gasteiger partial charge >= 0.3 is 0 Å². The molecule has 0 saturated heterocycles. The molecule has 0 unspecified atom stereocenters. The van der Waals surface area contributed by atoms with E-state index in [9.17, 15) is 4.79 Å². The van der Waals surface area contributed by atoms with E-state index in [4.69, 9.17) is 0 Å². The Balaban J connectivity index is 1.50. The van der Waals surface area contributed by atoms with Crippen molar-refractivity contribution in [2.45, 2.75) is 58.2 Å². The highest BCUT2D eigenvalue weighted by Gasteiger charge is 2.29. The quantitative estimate of drug-likeness (QED) is 0.825. The maximum Gasteiger partial charge on any atom is 0.267 e. The van der Waals surface area contributed by atoms with Crippen molar-refractivity contribution in [1.29, 1.82) is 0 Å². The molecule has 2 aliphatic rings. The minimum Gasteiger partial charge on any atom is -0.317 e. The molecular weight excluding hydrogens is 304 g/mol. The summed E-state index contributed by atoms with van der Waals surface area (Å²) < 4.78 is 3.74. The molecule has 128 valence electrons. The molecule has 1 aliphatic heterocycles. The predicted octanol–water partition coefficient (Wildman–Crippen LogP) is 1.22. The normalized spacial score (nSPS) is 17.9. The largest absolute Gasteiger partial charge is 0.317 e. The molecular formula is C17H24N6O. The summed E-state index contributed by atoms with van der Waals surface area (Å²) in [5.41, 5.74) is 2.13. The van der Waals surface area contributed by atoms with Crippen molar-refractivity contribution in [3.05, 3.63) is 39.3 Å². The molecule has 24 heavy (non-hydrogen) atoms. The Morgan fingerprint density at radius 1 is 1.29 bits per heavy atom. The summed E-state index contributed by atoms with van der Waals surface area (Å²) in [5.74, 6) is 2.73. The van der Waals surface area contributed by atoms with Crippen LogP contribution in [0.1, 0.15) is 55.0 Å². The zero-order valence-electron chi connectivity index (χ0n) is 14.4. The molecule has 4 rings (SSSR count). The van der Waals surface area contributed by atoms with Crippen molar-refractivity contribution >= 4 is 0 Å². The van der Waals surface area contributed by atoms with Gasteiger partial charge in [0, 0.05) is 45.1 Å². The molecule has 0 radical (unpaired) electrons. The lowest BCUT2D eigenvalue weighted by Gasteiger charge is -2.27. The second kappa shape index (κ2) is 6.12. The van der Waals surface area contributed by atoms with Gasteiger partial charge in [0.15, 0.2) is 0 Å². The molecule has 1 saturated carbocycles. The second-order valence-corrected chi connectivity index (χ2v) is 6.95. The van der Waals surface area contributed by atoms with E-state index in [-0.39, 0.29) is 5.56 Å². The number of aryl methyl sites for hydroxylation is 1. The summed E-state index contributed by atoms with van der Waals surface area (Å²) in [7, 11) is 2.06. The molecule has 0 spiro atoms. The number of hydrogen-bond donors (Lipinski definition) is 0. The van der Waals surface area contributed by atoms with Crippen molar-refractivity contribution in [1.82, 2.24) is 29.4 Å². The van der Waals surface area contributed by atoms with Gasteiger partial charge in [-0.1, -0.05) is 6.92 Å². The maximum atomic E-state index is 12.1. The van der Waals surface area contributed by atoms with Crippen molar-refractivity contribution in [2.24, 2.45) is 7.05 Å². The molecule has 0 N–H and O–H groups in total. The zero-order chi connectivity index (χ0) is 16.7. The fourth-order valence-electron chi connectivity index (χ4n) is 3.41.